The Bertz CT molecular complexity index is 1300. The Morgan fingerprint density at radius 1 is 1.05 bits per heavy atom. The van der Waals surface area contributed by atoms with Crippen molar-refractivity contribution in [2.24, 2.45) is 5.73 Å². The third-order valence-electron chi connectivity index (χ3n) is 5.60. The van der Waals surface area contributed by atoms with E-state index in [9.17, 15) is 39.0 Å². The number of amidine groups is 1. The third-order valence-corrected chi connectivity index (χ3v) is 5.60. The molecule has 198 valence electrons. The van der Waals surface area contributed by atoms with Gasteiger partial charge in [0.15, 0.2) is 6.04 Å². The number of hydrogen-bond donors (Lipinski definition) is 5. The number of nitrogens with zero attached hydrogens (tertiary/aromatic N) is 3. The SMILES string of the molecule is CC(=O)N([C@@H](CC(=O)O)C(=O)N[C@H](C(=O)O)c1ccccc1)N1C(=O)CN(c2ccc(C(=N)N)cc2)C1=O. The number of hydrogen-bond acceptors (Lipinski definition) is 7. The lowest BCUT2D eigenvalue weighted by molar-refractivity contribution is -0.164. The summed E-state index contributed by atoms with van der Waals surface area (Å²) in [5, 5.41) is 29.5. The van der Waals surface area contributed by atoms with Gasteiger partial charge in [0.1, 0.15) is 18.4 Å². The predicted molar refractivity (Wildman–Crippen MR) is 131 cm³/mol. The molecule has 1 aliphatic heterocycles. The largest absolute Gasteiger partial charge is 0.481 e. The van der Waals surface area contributed by atoms with Crippen molar-refractivity contribution in [1.82, 2.24) is 15.3 Å². The summed E-state index contributed by atoms with van der Waals surface area (Å²) in [6, 6.07) is 8.69. The van der Waals surface area contributed by atoms with Crippen LogP contribution in [0.15, 0.2) is 54.6 Å². The summed E-state index contributed by atoms with van der Waals surface area (Å²) >= 11 is 0. The van der Waals surface area contributed by atoms with Gasteiger partial charge in [0.2, 0.25) is 11.8 Å². The molecule has 2 aromatic carbocycles. The lowest BCUT2D eigenvalue weighted by Gasteiger charge is -2.34. The molecule has 1 aliphatic rings. The third kappa shape index (κ3) is 5.75. The van der Waals surface area contributed by atoms with E-state index in [0.717, 1.165) is 11.8 Å². The summed E-state index contributed by atoms with van der Waals surface area (Å²) in [7, 11) is 0. The van der Waals surface area contributed by atoms with Gasteiger partial charge >= 0.3 is 18.0 Å². The van der Waals surface area contributed by atoms with Gasteiger partial charge in [0, 0.05) is 18.2 Å². The Balaban J connectivity index is 1.95. The smallest absolute Gasteiger partial charge is 0.351 e. The Kier molecular flexibility index (Phi) is 8.05. The standard InChI is InChI=1S/C24H24N6O8/c1-13(31)29(30-18(32)12-28(24(30)38)16-9-7-15(8-10-16)21(25)26)17(11-19(33)34)22(35)27-20(23(36)37)14-5-3-2-4-6-14/h2-10,17,20H,11-12H2,1H3,(H3,25,26)(H,27,35)(H,33,34)(H,36,37)/t17-,20-/m0/s1. The number of carboxylic acid groups (broad SMARTS) is 2. The minimum Gasteiger partial charge on any atom is -0.481 e. The van der Waals surface area contributed by atoms with Gasteiger partial charge in [-0.25, -0.2) is 14.6 Å². The van der Waals surface area contributed by atoms with Gasteiger partial charge in [0.05, 0.1) is 6.42 Å². The molecule has 1 saturated heterocycles. The summed E-state index contributed by atoms with van der Waals surface area (Å²) in [4.78, 5) is 76.4. The molecular weight excluding hydrogens is 500 g/mol. The molecule has 0 bridgehead atoms. The van der Waals surface area contributed by atoms with Crippen molar-refractivity contribution >= 4 is 47.2 Å². The molecule has 0 unspecified atom stereocenters. The summed E-state index contributed by atoms with van der Waals surface area (Å²) < 4.78 is 0. The molecule has 2 aromatic rings. The highest BCUT2D eigenvalue weighted by molar-refractivity contribution is 6.13. The molecule has 0 radical (unpaired) electrons. The van der Waals surface area contributed by atoms with Crippen LogP contribution in [0.1, 0.15) is 30.5 Å². The number of aliphatic carboxylic acids is 2. The van der Waals surface area contributed by atoms with Crippen LogP contribution in [0.3, 0.4) is 0 Å². The minimum absolute atomic E-state index is 0.172. The number of benzene rings is 2. The summed E-state index contributed by atoms with van der Waals surface area (Å²) in [6.07, 6.45) is -1.03. The first-order chi connectivity index (χ1) is 17.9. The monoisotopic (exact) mass is 524 g/mol. The first kappa shape index (κ1) is 27.3. The van der Waals surface area contributed by atoms with Gasteiger partial charge in [-0.2, -0.15) is 5.01 Å². The molecule has 0 aliphatic carbocycles. The summed E-state index contributed by atoms with van der Waals surface area (Å²) in [5.74, 6) is -6.36. The topological polar surface area (TPSA) is 214 Å². The molecule has 0 saturated carbocycles. The maximum Gasteiger partial charge on any atom is 0.351 e. The number of carbonyl (C=O) groups is 6. The lowest BCUT2D eigenvalue weighted by atomic mass is 10.1. The highest BCUT2D eigenvalue weighted by Crippen LogP contribution is 2.25. The molecule has 1 heterocycles. The number of nitrogens with one attached hydrogen (secondary N) is 2. The van der Waals surface area contributed by atoms with Crippen molar-refractivity contribution in [2.75, 3.05) is 11.4 Å². The number of hydrazine groups is 1. The number of rotatable bonds is 10. The Morgan fingerprint density at radius 2 is 1.66 bits per heavy atom. The number of nitrogens with two attached hydrogens (primary N) is 1. The van der Waals surface area contributed by atoms with Crippen LogP contribution in [-0.2, 0) is 24.0 Å². The lowest BCUT2D eigenvalue weighted by Crippen LogP contribution is -2.60. The second kappa shape index (κ2) is 11.2. The molecule has 14 heteroatoms. The predicted octanol–water partition coefficient (Wildman–Crippen LogP) is 0.288. The molecule has 1 fully saturated rings. The summed E-state index contributed by atoms with van der Waals surface area (Å²) in [5.41, 5.74) is 6.17. The van der Waals surface area contributed by atoms with Crippen LogP contribution in [0.25, 0.3) is 0 Å². The Hall–Kier alpha value is -5.27. The number of carbonyl (C=O) groups excluding carboxylic acids is 4. The van der Waals surface area contributed by atoms with Crippen LogP contribution >= 0.6 is 0 Å². The fourth-order valence-electron chi connectivity index (χ4n) is 3.85. The zero-order chi connectivity index (χ0) is 28.1. The Morgan fingerprint density at radius 3 is 2.16 bits per heavy atom. The van der Waals surface area contributed by atoms with E-state index in [1.165, 1.54) is 48.5 Å². The number of imide groups is 1. The van der Waals surface area contributed by atoms with Crippen molar-refractivity contribution in [1.29, 1.82) is 5.41 Å². The van der Waals surface area contributed by atoms with Crippen LogP contribution in [-0.4, -0.2) is 74.3 Å². The summed E-state index contributed by atoms with van der Waals surface area (Å²) in [6.45, 7) is 0.393. The van der Waals surface area contributed by atoms with Gasteiger partial charge < -0.3 is 21.3 Å². The van der Waals surface area contributed by atoms with Crippen LogP contribution in [0.4, 0.5) is 10.5 Å². The fourth-order valence-corrected chi connectivity index (χ4v) is 3.85. The molecule has 2 atom stereocenters. The van der Waals surface area contributed by atoms with Gasteiger partial charge in [-0.05, 0) is 29.8 Å². The number of urea groups is 1. The highest BCUT2D eigenvalue weighted by Gasteiger charge is 2.47. The van der Waals surface area contributed by atoms with E-state index < -0.39 is 60.7 Å². The van der Waals surface area contributed by atoms with Gasteiger partial charge in [-0.15, -0.1) is 0 Å². The Labute approximate surface area is 215 Å². The first-order valence-corrected chi connectivity index (χ1v) is 11.1. The number of nitrogen functional groups attached to an aromatic ring is 1. The van der Waals surface area contributed by atoms with E-state index >= 15 is 0 Å². The molecule has 3 rings (SSSR count). The molecule has 0 aromatic heterocycles. The second-order valence-corrected chi connectivity index (χ2v) is 8.20. The van der Waals surface area contributed by atoms with Gasteiger partial charge in [-0.3, -0.25) is 29.5 Å². The van der Waals surface area contributed by atoms with Crippen molar-refractivity contribution < 1.29 is 39.0 Å². The molecule has 0 spiro atoms. The number of amides is 5. The van der Waals surface area contributed by atoms with Crippen LogP contribution < -0.4 is 16.0 Å². The average molecular weight is 524 g/mol. The minimum atomic E-state index is -1.94. The van der Waals surface area contributed by atoms with Gasteiger partial charge in [0.25, 0.3) is 5.91 Å². The maximum absolute atomic E-state index is 13.2. The first-order valence-electron chi connectivity index (χ1n) is 11.1. The van der Waals surface area contributed by atoms with Crippen LogP contribution in [0.2, 0.25) is 0 Å². The second-order valence-electron chi connectivity index (χ2n) is 8.20. The van der Waals surface area contributed by atoms with E-state index in [1.54, 1.807) is 6.07 Å². The van der Waals surface area contributed by atoms with E-state index in [0.29, 0.717) is 15.6 Å². The highest BCUT2D eigenvalue weighted by atomic mass is 16.4. The molecule has 5 amide bonds. The van der Waals surface area contributed by atoms with Crippen molar-refractivity contribution in [3.05, 3.63) is 65.7 Å². The van der Waals surface area contributed by atoms with Crippen molar-refractivity contribution in [3.63, 3.8) is 0 Å². The van der Waals surface area contributed by atoms with Gasteiger partial charge in [-0.1, -0.05) is 30.3 Å². The molecule has 38 heavy (non-hydrogen) atoms. The quantitative estimate of drug-likeness (QED) is 0.164. The molecule has 14 nitrogen and oxygen atoms in total. The van der Waals surface area contributed by atoms with E-state index in [4.69, 9.17) is 11.1 Å². The van der Waals surface area contributed by atoms with Crippen LogP contribution in [0, 0.1) is 5.41 Å². The molecular formula is C24H24N6O8. The van der Waals surface area contributed by atoms with E-state index in [-0.39, 0.29) is 17.1 Å². The fraction of sp³-hybridized carbons (Fsp3) is 0.208. The zero-order valence-corrected chi connectivity index (χ0v) is 20.0. The average Bonchev–Trinajstić information content (AvgIpc) is 3.15. The number of anilines is 1. The maximum atomic E-state index is 13.2. The van der Waals surface area contributed by atoms with E-state index in [2.05, 4.69) is 5.32 Å². The zero-order valence-electron chi connectivity index (χ0n) is 20.0. The normalized spacial score (nSPS) is 14.6. The molecule has 6 N–H and O–H groups in total. The van der Waals surface area contributed by atoms with E-state index in [1.807, 2.05) is 0 Å². The van der Waals surface area contributed by atoms with Crippen molar-refractivity contribution in [3.8, 4) is 0 Å². The van der Waals surface area contributed by atoms with Crippen LogP contribution in [0.5, 0.6) is 0 Å². The number of carboxylic acids is 2. The van der Waals surface area contributed by atoms with Crippen molar-refractivity contribution in [2.45, 2.75) is 25.4 Å².